The largest absolute Gasteiger partial charge is 0.459 e. The van der Waals surface area contributed by atoms with E-state index in [1.807, 2.05) is 20.8 Å². The second kappa shape index (κ2) is 4.64. The maximum absolute atomic E-state index is 11.5. The number of carbonyl (C=O) groups is 2. The zero-order chi connectivity index (χ0) is 11.5. The number of hydrogen-bond acceptors (Lipinski definition) is 3. The van der Waals surface area contributed by atoms with Crippen LogP contribution in [0.5, 0.6) is 0 Å². The Morgan fingerprint density at radius 3 is 2.60 bits per heavy atom. The molecule has 4 heteroatoms. The van der Waals surface area contributed by atoms with Gasteiger partial charge in [0, 0.05) is 13.0 Å². The lowest BCUT2D eigenvalue weighted by molar-refractivity contribution is -0.159. The molecule has 1 fully saturated rings. The fraction of sp³-hybridized carbons (Fsp3) is 0.818. The van der Waals surface area contributed by atoms with Crippen molar-refractivity contribution in [1.82, 2.24) is 4.90 Å². The molecular formula is C11H19NO3. The summed E-state index contributed by atoms with van der Waals surface area (Å²) < 4.78 is 5.16. The molecule has 0 radical (unpaired) electrons. The Balaban J connectivity index is 2.40. The summed E-state index contributed by atoms with van der Waals surface area (Å²) in [5, 5.41) is 0. The van der Waals surface area contributed by atoms with Crippen LogP contribution in [0, 0.1) is 0 Å². The number of hydrogen-bond donors (Lipinski definition) is 0. The van der Waals surface area contributed by atoms with Gasteiger partial charge in [0.25, 0.3) is 0 Å². The van der Waals surface area contributed by atoms with Gasteiger partial charge < -0.3 is 9.64 Å². The average Bonchev–Trinajstić information content (AvgIpc) is 2.05. The predicted octanol–water partition coefficient (Wildman–Crippen LogP) is 1.34. The molecule has 1 heterocycles. The third kappa shape index (κ3) is 4.32. The molecule has 1 saturated heterocycles. The summed E-state index contributed by atoms with van der Waals surface area (Å²) in [5.74, 6) is -0.259. The molecule has 0 aromatic carbocycles. The molecule has 1 aliphatic rings. The van der Waals surface area contributed by atoms with Crippen LogP contribution in [0.2, 0.25) is 0 Å². The minimum atomic E-state index is -0.476. The van der Waals surface area contributed by atoms with E-state index < -0.39 is 5.60 Å². The number of nitrogens with zero attached hydrogens (tertiary/aromatic N) is 1. The van der Waals surface area contributed by atoms with Crippen LogP contribution in [0.4, 0.5) is 0 Å². The van der Waals surface area contributed by atoms with E-state index in [1.165, 1.54) is 0 Å². The first-order valence-electron chi connectivity index (χ1n) is 5.38. The summed E-state index contributed by atoms with van der Waals surface area (Å²) in [4.78, 5) is 24.5. The Morgan fingerprint density at radius 1 is 1.40 bits per heavy atom. The van der Waals surface area contributed by atoms with Crippen molar-refractivity contribution in [1.29, 1.82) is 0 Å². The molecule has 0 atom stereocenters. The van der Waals surface area contributed by atoms with Crippen LogP contribution in [-0.2, 0) is 14.3 Å². The standard InChI is InChI=1S/C11H19NO3/c1-11(2,3)15-10(14)8-12-7-5-4-6-9(12)13/h4-8H2,1-3H3. The van der Waals surface area contributed by atoms with E-state index in [-0.39, 0.29) is 18.4 Å². The molecule has 15 heavy (non-hydrogen) atoms. The minimum absolute atomic E-state index is 0.0621. The molecule has 0 unspecified atom stereocenters. The maximum Gasteiger partial charge on any atom is 0.326 e. The van der Waals surface area contributed by atoms with Gasteiger partial charge in [0.05, 0.1) is 0 Å². The van der Waals surface area contributed by atoms with Gasteiger partial charge in [0.2, 0.25) is 5.91 Å². The second-order valence-corrected chi connectivity index (χ2v) is 4.86. The van der Waals surface area contributed by atoms with Gasteiger partial charge in [-0.15, -0.1) is 0 Å². The normalized spacial score (nSPS) is 17.8. The predicted molar refractivity (Wildman–Crippen MR) is 56.3 cm³/mol. The molecule has 1 rings (SSSR count). The maximum atomic E-state index is 11.5. The first-order valence-corrected chi connectivity index (χ1v) is 5.38. The fourth-order valence-corrected chi connectivity index (χ4v) is 1.56. The second-order valence-electron chi connectivity index (χ2n) is 4.86. The van der Waals surface area contributed by atoms with Crippen molar-refractivity contribution >= 4 is 11.9 Å². The van der Waals surface area contributed by atoms with Crippen LogP contribution in [-0.4, -0.2) is 35.5 Å². The summed E-state index contributed by atoms with van der Waals surface area (Å²) in [6, 6.07) is 0. The average molecular weight is 213 g/mol. The summed E-state index contributed by atoms with van der Waals surface area (Å²) in [5.41, 5.74) is -0.476. The van der Waals surface area contributed by atoms with Gasteiger partial charge in [0.15, 0.2) is 0 Å². The molecule has 1 amide bonds. The molecule has 0 N–H and O–H groups in total. The number of esters is 1. The van der Waals surface area contributed by atoms with E-state index in [1.54, 1.807) is 4.90 Å². The Hall–Kier alpha value is -1.06. The monoisotopic (exact) mass is 213 g/mol. The highest BCUT2D eigenvalue weighted by atomic mass is 16.6. The number of amides is 1. The zero-order valence-electron chi connectivity index (χ0n) is 9.71. The lowest BCUT2D eigenvalue weighted by Gasteiger charge is -2.27. The lowest BCUT2D eigenvalue weighted by Crippen LogP contribution is -2.41. The summed E-state index contributed by atoms with van der Waals surface area (Å²) in [7, 11) is 0. The summed E-state index contributed by atoms with van der Waals surface area (Å²) in [6.45, 7) is 6.24. The van der Waals surface area contributed by atoms with Gasteiger partial charge in [-0.3, -0.25) is 9.59 Å². The molecule has 1 aliphatic heterocycles. The molecular weight excluding hydrogens is 194 g/mol. The Morgan fingerprint density at radius 2 is 2.07 bits per heavy atom. The van der Waals surface area contributed by atoms with Gasteiger partial charge in [-0.25, -0.2) is 0 Å². The van der Waals surface area contributed by atoms with Crippen LogP contribution in [0.1, 0.15) is 40.0 Å². The zero-order valence-corrected chi connectivity index (χ0v) is 9.71. The summed E-state index contributed by atoms with van der Waals surface area (Å²) >= 11 is 0. The van der Waals surface area contributed by atoms with Crippen LogP contribution >= 0.6 is 0 Å². The van der Waals surface area contributed by atoms with Crippen molar-refractivity contribution in [3.63, 3.8) is 0 Å². The smallest absolute Gasteiger partial charge is 0.326 e. The van der Waals surface area contributed by atoms with Crippen molar-refractivity contribution in [2.75, 3.05) is 13.1 Å². The van der Waals surface area contributed by atoms with Crippen molar-refractivity contribution in [3.05, 3.63) is 0 Å². The van der Waals surface area contributed by atoms with E-state index in [0.717, 1.165) is 12.8 Å². The molecule has 0 aromatic heterocycles. The first kappa shape index (κ1) is 12.0. The summed E-state index contributed by atoms with van der Waals surface area (Å²) in [6.07, 6.45) is 2.47. The van der Waals surface area contributed by atoms with Crippen molar-refractivity contribution in [2.45, 2.75) is 45.6 Å². The molecule has 0 aromatic rings. The number of carbonyl (C=O) groups excluding carboxylic acids is 2. The van der Waals surface area contributed by atoms with Crippen molar-refractivity contribution in [2.24, 2.45) is 0 Å². The number of rotatable bonds is 2. The highest BCUT2D eigenvalue weighted by Crippen LogP contribution is 2.12. The molecule has 0 aliphatic carbocycles. The Bertz CT molecular complexity index is 255. The third-order valence-corrected chi connectivity index (χ3v) is 2.16. The van der Waals surface area contributed by atoms with Crippen LogP contribution < -0.4 is 0 Å². The van der Waals surface area contributed by atoms with Crippen LogP contribution in [0.25, 0.3) is 0 Å². The molecule has 4 nitrogen and oxygen atoms in total. The van der Waals surface area contributed by atoms with Crippen molar-refractivity contribution < 1.29 is 14.3 Å². The lowest BCUT2D eigenvalue weighted by atomic mass is 10.1. The van der Waals surface area contributed by atoms with Crippen molar-refractivity contribution in [3.8, 4) is 0 Å². The third-order valence-electron chi connectivity index (χ3n) is 2.16. The SMILES string of the molecule is CC(C)(C)OC(=O)CN1CCCCC1=O. The number of piperidine rings is 1. The van der Waals surface area contributed by atoms with E-state index in [4.69, 9.17) is 4.74 Å². The van der Waals surface area contributed by atoms with E-state index >= 15 is 0 Å². The van der Waals surface area contributed by atoms with Gasteiger partial charge in [-0.1, -0.05) is 0 Å². The highest BCUT2D eigenvalue weighted by Gasteiger charge is 2.23. The van der Waals surface area contributed by atoms with Gasteiger partial charge in [-0.2, -0.15) is 0 Å². The molecule has 0 saturated carbocycles. The van der Waals surface area contributed by atoms with E-state index in [9.17, 15) is 9.59 Å². The number of ether oxygens (including phenoxy) is 1. The quantitative estimate of drug-likeness (QED) is 0.650. The van der Waals surface area contributed by atoms with Gasteiger partial charge >= 0.3 is 5.97 Å². The highest BCUT2D eigenvalue weighted by molar-refractivity contribution is 5.82. The molecule has 0 bridgehead atoms. The first-order chi connectivity index (χ1) is 6.88. The van der Waals surface area contributed by atoms with E-state index in [2.05, 4.69) is 0 Å². The minimum Gasteiger partial charge on any atom is -0.459 e. The van der Waals surface area contributed by atoms with Gasteiger partial charge in [0.1, 0.15) is 12.1 Å². The Labute approximate surface area is 90.6 Å². The van der Waals surface area contributed by atoms with Gasteiger partial charge in [-0.05, 0) is 33.6 Å². The topological polar surface area (TPSA) is 46.6 Å². The van der Waals surface area contributed by atoms with Crippen LogP contribution in [0.3, 0.4) is 0 Å². The Kier molecular flexibility index (Phi) is 3.72. The fourth-order valence-electron chi connectivity index (χ4n) is 1.56. The molecule has 0 spiro atoms. The van der Waals surface area contributed by atoms with E-state index in [0.29, 0.717) is 13.0 Å². The number of likely N-dealkylation sites (tertiary alicyclic amines) is 1. The van der Waals surface area contributed by atoms with Crippen LogP contribution in [0.15, 0.2) is 0 Å². The molecule has 86 valence electrons.